The SMILES string of the molecule is C=NC.C=Nc1cc(CC)c(OC)cc1C(=NC)Nc1ccc(CC(=C)NC(C)/C=C(\C)C(C)(C)C)cc1. The van der Waals surface area contributed by atoms with Crippen molar-refractivity contribution in [1.29, 1.82) is 0 Å². The van der Waals surface area contributed by atoms with Crippen LogP contribution in [0.5, 0.6) is 5.75 Å². The number of aryl methyl sites for hydroxylation is 1. The van der Waals surface area contributed by atoms with E-state index in [0.717, 1.165) is 46.8 Å². The van der Waals surface area contributed by atoms with Crippen molar-refractivity contribution in [3.05, 3.63) is 77.0 Å². The fraction of sp³-hybridized carbons (Fsp3) is 0.406. The molecule has 2 aromatic carbocycles. The van der Waals surface area contributed by atoms with Crippen LogP contribution in [0.3, 0.4) is 0 Å². The van der Waals surface area contributed by atoms with Crippen LogP contribution in [0.4, 0.5) is 11.4 Å². The molecule has 1 atom stereocenters. The van der Waals surface area contributed by atoms with Gasteiger partial charge in [-0.2, -0.15) is 0 Å². The first kappa shape index (κ1) is 32.4. The molecule has 0 fully saturated rings. The number of hydrogen-bond donors (Lipinski definition) is 2. The number of anilines is 1. The Balaban J connectivity index is 0.00000229. The van der Waals surface area contributed by atoms with Gasteiger partial charge in [0.05, 0.1) is 12.8 Å². The number of hydrogen-bond acceptors (Lipinski definition) is 5. The van der Waals surface area contributed by atoms with Crippen LogP contribution < -0.4 is 15.4 Å². The van der Waals surface area contributed by atoms with Crippen molar-refractivity contribution >= 4 is 30.6 Å². The van der Waals surface area contributed by atoms with E-state index < -0.39 is 0 Å². The van der Waals surface area contributed by atoms with Gasteiger partial charge in [0.25, 0.3) is 0 Å². The van der Waals surface area contributed by atoms with Gasteiger partial charge in [-0.1, -0.05) is 58.1 Å². The highest BCUT2D eigenvalue weighted by Crippen LogP contribution is 2.30. The van der Waals surface area contributed by atoms with Gasteiger partial charge in [0.15, 0.2) is 0 Å². The van der Waals surface area contributed by atoms with Gasteiger partial charge >= 0.3 is 0 Å². The Bertz CT molecular complexity index is 1140. The minimum absolute atomic E-state index is 0.173. The number of aliphatic imine (C=N–C) groups is 3. The monoisotopic (exact) mass is 517 g/mol. The molecule has 0 bridgehead atoms. The number of benzene rings is 2. The van der Waals surface area contributed by atoms with Crippen LogP contribution in [0.1, 0.15) is 58.2 Å². The summed E-state index contributed by atoms with van der Waals surface area (Å²) in [7, 11) is 5.08. The van der Waals surface area contributed by atoms with E-state index >= 15 is 0 Å². The second kappa shape index (κ2) is 15.6. The molecule has 0 aliphatic heterocycles. The maximum absolute atomic E-state index is 5.58. The standard InChI is InChI=1S/C30H42N4O.C2H5N/c1-11-24-18-27(31-8)26(19-28(24)35-10)29(32-9)34-25-14-12-23(13-15-25)17-22(4)33-21(3)16-20(2)30(5,6)7;1-3-2/h12-16,18-19,21,33H,4,8,11,17H2,1-3,5-7,9-10H3,(H,32,34);1H2,2H3/b20-16+;. The predicted molar refractivity (Wildman–Crippen MR) is 168 cm³/mol. The number of amidine groups is 1. The van der Waals surface area contributed by atoms with Crippen molar-refractivity contribution in [1.82, 2.24) is 5.32 Å². The summed E-state index contributed by atoms with van der Waals surface area (Å²) in [5.74, 6) is 1.53. The smallest absolute Gasteiger partial charge is 0.134 e. The van der Waals surface area contributed by atoms with Gasteiger partial charge in [-0.05, 0) is 74.5 Å². The van der Waals surface area contributed by atoms with Gasteiger partial charge < -0.3 is 20.4 Å². The summed E-state index contributed by atoms with van der Waals surface area (Å²) in [5, 5.41) is 6.93. The van der Waals surface area contributed by atoms with Crippen molar-refractivity contribution in [2.24, 2.45) is 20.4 Å². The molecule has 0 heterocycles. The molecule has 2 rings (SSSR count). The summed E-state index contributed by atoms with van der Waals surface area (Å²) in [6.45, 7) is 24.2. The lowest BCUT2D eigenvalue weighted by atomic mass is 9.86. The molecule has 0 aromatic heterocycles. The normalized spacial score (nSPS) is 12.6. The lowest BCUT2D eigenvalue weighted by Gasteiger charge is -2.22. The molecule has 6 nitrogen and oxygen atoms in total. The number of rotatable bonds is 10. The van der Waals surface area contributed by atoms with Gasteiger partial charge in [0.2, 0.25) is 0 Å². The number of nitrogens with zero attached hydrogens (tertiary/aromatic N) is 3. The lowest BCUT2D eigenvalue weighted by Crippen LogP contribution is -2.25. The first-order valence-electron chi connectivity index (χ1n) is 12.9. The first-order valence-corrected chi connectivity index (χ1v) is 12.9. The average Bonchev–Trinajstić information content (AvgIpc) is 2.87. The number of nitrogens with one attached hydrogen (secondary N) is 2. The molecule has 0 saturated heterocycles. The Morgan fingerprint density at radius 2 is 1.71 bits per heavy atom. The van der Waals surface area contributed by atoms with Crippen LogP contribution in [0.25, 0.3) is 0 Å². The summed E-state index contributed by atoms with van der Waals surface area (Å²) in [6.07, 6.45) is 3.89. The molecule has 38 heavy (non-hydrogen) atoms. The third-order valence-corrected chi connectivity index (χ3v) is 6.18. The molecule has 0 aliphatic rings. The minimum Gasteiger partial charge on any atom is -0.496 e. The number of methoxy groups -OCH3 is 1. The Kier molecular flexibility index (Phi) is 13.2. The van der Waals surface area contributed by atoms with E-state index in [4.69, 9.17) is 4.74 Å². The fourth-order valence-corrected chi connectivity index (χ4v) is 3.77. The van der Waals surface area contributed by atoms with Crippen LogP contribution in [-0.2, 0) is 12.8 Å². The van der Waals surface area contributed by atoms with Crippen LogP contribution in [-0.4, -0.2) is 46.5 Å². The van der Waals surface area contributed by atoms with Gasteiger partial charge in [-0.3, -0.25) is 9.98 Å². The highest BCUT2D eigenvalue weighted by atomic mass is 16.5. The maximum Gasteiger partial charge on any atom is 0.134 e. The van der Waals surface area contributed by atoms with Gasteiger partial charge in [0.1, 0.15) is 11.6 Å². The molecule has 0 radical (unpaired) electrons. The molecule has 0 spiro atoms. The molecule has 0 amide bonds. The molecule has 0 aliphatic carbocycles. The zero-order valence-electron chi connectivity index (χ0n) is 24.9. The van der Waals surface area contributed by atoms with Gasteiger partial charge in [-0.25, -0.2) is 0 Å². The number of ether oxygens (including phenoxy) is 1. The highest BCUT2D eigenvalue weighted by Gasteiger charge is 2.15. The van der Waals surface area contributed by atoms with Crippen LogP contribution >= 0.6 is 0 Å². The highest BCUT2D eigenvalue weighted by molar-refractivity contribution is 6.11. The van der Waals surface area contributed by atoms with Crippen LogP contribution in [0, 0.1) is 5.41 Å². The molecule has 206 valence electrons. The fourth-order valence-electron chi connectivity index (χ4n) is 3.77. The summed E-state index contributed by atoms with van der Waals surface area (Å²) in [5.41, 5.74) is 7.39. The third-order valence-electron chi connectivity index (χ3n) is 6.18. The first-order chi connectivity index (χ1) is 17.9. The van der Waals surface area contributed by atoms with Crippen molar-refractivity contribution in [2.45, 2.75) is 60.4 Å². The molecule has 2 aromatic rings. The lowest BCUT2D eigenvalue weighted by molar-refractivity contribution is 0.410. The summed E-state index contributed by atoms with van der Waals surface area (Å²) < 4.78 is 5.58. The van der Waals surface area contributed by atoms with Crippen molar-refractivity contribution in [3.8, 4) is 5.75 Å². The van der Waals surface area contributed by atoms with E-state index in [0.29, 0.717) is 5.84 Å². The van der Waals surface area contributed by atoms with Crippen LogP contribution in [0.2, 0.25) is 0 Å². The van der Waals surface area contributed by atoms with E-state index in [9.17, 15) is 0 Å². The van der Waals surface area contributed by atoms with Crippen molar-refractivity contribution in [3.63, 3.8) is 0 Å². The minimum atomic E-state index is 0.173. The summed E-state index contributed by atoms with van der Waals surface area (Å²) in [6, 6.07) is 12.5. The summed E-state index contributed by atoms with van der Waals surface area (Å²) in [4.78, 5) is 11.9. The van der Waals surface area contributed by atoms with Crippen LogP contribution in [0.15, 0.2) is 75.3 Å². The topological polar surface area (TPSA) is 70.4 Å². The Hall–Kier alpha value is -3.67. The maximum atomic E-state index is 5.58. The Morgan fingerprint density at radius 1 is 1.11 bits per heavy atom. The molecule has 1 unspecified atom stereocenters. The van der Waals surface area contributed by atoms with E-state index in [1.807, 2.05) is 12.1 Å². The zero-order chi connectivity index (χ0) is 28.9. The zero-order valence-corrected chi connectivity index (χ0v) is 24.9. The van der Waals surface area contributed by atoms with Gasteiger partial charge in [-0.15, -0.1) is 0 Å². The van der Waals surface area contributed by atoms with E-state index in [-0.39, 0.29) is 11.5 Å². The molecular weight excluding hydrogens is 470 g/mol. The third kappa shape index (κ3) is 10.0. The van der Waals surface area contributed by atoms with Gasteiger partial charge in [0, 0.05) is 43.5 Å². The Morgan fingerprint density at radius 3 is 2.18 bits per heavy atom. The number of allylic oxidation sites excluding steroid dienone is 2. The largest absolute Gasteiger partial charge is 0.496 e. The molecular formula is C32H47N5O. The summed E-state index contributed by atoms with van der Waals surface area (Å²) >= 11 is 0. The van der Waals surface area contributed by atoms with Crippen molar-refractivity contribution in [2.75, 3.05) is 26.5 Å². The predicted octanol–water partition coefficient (Wildman–Crippen LogP) is 7.42. The second-order valence-electron chi connectivity index (χ2n) is 10.2. The van der Waals surface area contributed by atoms with E-state index in [1.54, 1.807) is 21.2 Å². The van der Waals surface area contributed by atoms with Crippen molar-refractivity contribution < 1.29 is 4.74 Å². The average molecular weight is 518 g/mol. The molecule has 6 heteroatoms. The van der Waals surface area contributed by atoms with E-state index in [2.05, 4.69) is 118 Å². The quantitative estimate of drug-likeness (QED) is 0.196. The Labute approximate surface area is 230 Å². The molecule has 0 saturated carbocycles. The van der Waals surface area contributed by atoms with E-state index in [1.165, 1.54) is 11.1 Å². The second-order valence-corrected chi connectivity index (χ2v) is 10.2. The molecule has 2 N–H and O–H groups in total.